The van der Waals surface area contributed by atoms with E-state index >= 15 is 0 Å². The second-order valence-corrected chi connectivity index (χ2v) is 4.77. The second-order valence-electron chi connectivity index (χ2n) is 4.77. The maximum Gasteiger partial charge on any atom is 0.420 e. The molecule has 0 spiro atoms. The normalized spacial score (nSPS) is 11.7. The van der Waals surface area contributed by atoms with Gasteiger partial charge in [-0.05, 0) is 32.9 Å². The molecule has 2 aromatic heterocycles. The molecule has 0 saturated carbocycles. The number of carbonyl (C=O) groups excluding carboxylic acids is 1. The lowest BCUT2D eigenvalue weighted by Gasteiger charge is -2.19. The first-order valence-corrected chi connectivity index (χ1v) is 5.26. The minimum absolute atomic E-state index is 0.0689. The summed E-state index contributed by atoms with van der Waals surface area (Å²) in [5.41, 5.74) is -0.0815. The predicted molar refractivity (Wildman–Crippen MR) is 63.0 cm³/mol. The summed E-state index contributed by atoms with van der Waals surface area (Å²) in [6.45, 7) is 5.40. The van der Waals surface area contributed by atoms with Crippen molar-refractivity contribution in [2.24, 2.45) is 0 Å². The summed E-state index contributed by atoms with van der Waals surface area (Å²) in [6.07, 6.45) is 2.39. The fraction of sp³-hybridized carbons (Fsp3) is 0.333. The quantitative estimate of drug-likeness (QED) is 0.760. The van der Waals surface area contributed by atoms with Gasteiger partial charge in [0.05, 0.1) is 6.20 Å². The number of aromatic hydroxyl groups is 1. The maximum absolute atomic E-state index is 11.9. The smallest absolute Gasteiger partial charge is 0.420 e. The highest BCUT2D eigenvalue weighted by molar-refractivity contribution is 5.87. The van der Waals surface area contributed by atoms with Gasteiger partial charge in [0, 0.05) is 11.6 Å². The summed E-state index contributed by atoms with van der Waals surface area (Å²) in [6, 6.07) is 3.25. The molecule has 2 rings (SSSR count). The zero-order valence-corrected chi connectivity index (χ0v) is 9.97. The van der Waals surface area contributed by atoms with Crippen molar-refractivity contribution in [3.05, 3.63) is 24.5 Å². The van der Waals surface area contributed by atoms with Crippen LogP contribution in [-0.4, -0.2) is 26.4 Å². The molecular formula is C12H14N2O3. The van der Waals surface area contributed by atoms with Gasteiger partial charge in [-0.15, -0.1) is 0 Å². The van der Waals surface area contributed by atoms with Crippen LogP contribution in [-0.2, 0) is 4.74 Å². The average Bonchev–Trinajstić information content (AvgIpc) is 2.57. The molecule has 0 radical (unpaired) electrons. The lowest BCUT2D eigenvalue weighted by atomic mass is 10.2. The van der Waals surface area contributed by atoms with Gasteiger partial charge >= 0.3 is 6.09 Å². The molecule has 0 bridgehead atoms. The monoisotopic (exact) mass is 234 g/mol. The molecule has 0 aromatic carbocycles. The van der Waals surface area contributed by atoms with Gasteiger partial charge in [-0.2, -0.15) is 0 Å². The van der Waals surface area contributed by atoms with E-state index in [1.165, 1.54) is 10.8 Å². The topological polar surface area (TPSA) is 64.3 Å². The number of fused-ring (bicyclic) bond motifs is 1. The average molecular weight is 234 g/mol. The molecule has 0 atom stereocenters. The third-order valence-corrected chi connectivity index (χ3v) is 2.10. The highest BCUT2D eigenvalue weighted by Crippen LogP contribution is 2.19. The van der Waals surface area contributed by atoms with Gasteiger partial charge in [-0.25, -0.2) is 14.3 Å². The minimum Gasteiger partial charge on any atom is -0.506 e. The van der Waals surface area contributed by atoms with Crippen LogP contribution in [0.25, 0.3) is 11.0 Å². The van der Waals surface area contributed by atoms with Crippen LogP contribution in [0, 0.1) is 0 Å². The molecule has 17 heavy (non-hydrogen) atoms. The number of carbonyl (C=O) groups is 1. The Balaban J connectivity index is 2.40. The molecule has 0 aliphatic carbocycles. The molecule has 2 aromatic rings. The van der Waals surface area contributed by atoms with Gasteiger partial charge in [0.1, 0.15) is 17.0 Å². The van der Waals surface area contributed by atoms with Crippen molar-refractivity contribution in [1.29, 1.82) is 0 Å². The molecule has 90 valence electrons. The molecule has 0 aliphatic heterocycles. The molecule has 1 N–H and O–H groups in total. The van der Waals surface area contributed by atoms with Gasteiger partial charge in [0.2, 0.25) is 0 Å². The van der Waals surface area contributed by atoms with Gasteiger partial charge in [-0.3, -0.25) is 0 Å². The van der Waals surface area contributed by atoms with E-state index in [0.717, 1.165) is 0 Å². The van der Waals surface area contributed by atoms with Gasteiger partial charge in [-0.1, -0.05) is 0 Å². The molecular weight excluding hydrogens is 220 g/mol. The molecule has 0 aliphatic rings. The van der Waals surface area contributed by atoms with Crippen molar-refractivity contribution >= 4 is 17.1 Å². The van der Waals surface area contributed by atoms with Crippen LogP contribution < -0.4 is 0 Å². The first-order valence-electron chi connectivity index (χ1n) is 5.26. The summed E-state index contributed by atoms with van der Waals surface area (Å²) in [7, 11) is 0. The second kappa shape index (κ2) is 3.76. The highest BCUT2D eigenvalue weighted by Gasteiger charge is 2.19. The van der Waals surface area contributed by atoms with Crippen LogP contribution in [0.15, 0.2) is 24.5 Å². The van der Waals surface area contributed by atoms with Crippen LogP contribution in [0.1, 0.15) is 20.8 Å². The molecule has 5 nitrogen and oxygen atoms in total. The number of pyridine rings is 1. The van der Waals surface area contributed by atoms with E-state index in [2.05, 4.69) is 4.98 Å². The fourth-order valence-corrected chi connectivity index (χ4v) is 1.47. The Morgan fingerprint density at radius 1 is 1.47 bits per heavy atom. The van der Waals surface area contributed by atoms with Crippen molar-refractivity contribution in [3.63, 3.8) is 0 Å². The van der Waals surface area contributed by atoms with Crippen LogP contribution in [0.2, 0.25) is 0 Å². The Labute approximate surface area is 98.6 Å². The molecule has 0 fully saturated rings. The standard InChI is InChI=1S/C12H14N2O3/c1-12(2,3)17-11(16)14-5-4-8-6-9(15)7-13-10(8)14/h4-7,15H,1-3H3. The SMILES string of the molecule is CC(C)(C)OC(=O)n1ccc2cc(O)cnc21. The summed E-state index contributed by atoms with van der Waals surface area (Å²) in [5, 5.41) is 9.97. The van der Waals surface area contributed by atoms with Crippen LogP contribution in [0.5, 0.6) is 5.75 Å². The Morgan fingerprint density at radius 2 is 2.18 bits per heavy atom. The van der Waals surface area contributed by atoms with E-state index in [1.807, 2.05) is 0 Å². The van der Waals surface area contributed by atoms with E-state index in [1.54, 1.807) is 39.1 Å². The van der Waals surface area contributed by atoms with E-state index < -0.39 is 11.7 Å². The van der Waals surface area contributed by atoms with Crippen molar-refractivity contribution in [3.8, 4) is 5.75 Å². The molecule has 0 amide bonds. The number of hydrogen-bond acceptors (Lipinski definition) is 4. The number of nitrogens with zero attached hydrogens (tertiary/aromatic N) is 2. The lowest BCUT2D eigenvalue weighted by Crippen LogP contribution is -2.26. The zero-order chi connectivity index (χ0) is 12.6. The zero-order valence-electron chi connectivity index (χ0n) is 9.97. The minimum atomic E-state index is -0.551. The van der Waals surface area contributed by atoms with Crippen molar-refractivity contribution in [1.82, 2.24) is 9.55 Å². The third-order valence-electron chi connectivity index (χ3n) is 2.10. The first-order chi connectivity index (χ1) is 7.87. The maximum atomic E-state index is 11.9. The number of aromatic nitrogens is 2. The van der Waals surface area contributed by atoms with Gasteiger partial charge in [0.15, 0.2) is 0 Å². The van der Waals surface area contributed by atoms with Crippen LogP contribution >= 0.6 is 0 Å². The predicted octanol–water partition coefficient (Wildman–Crippen LogP) is 2.53. The largest absolute Gasteiger partial charge is 0.506 e. The van der Waals surface area contributed by atoms with Gasteiger partial charge < -0.3 is 9.84 Å². The lowest BCUT2D eigenvalue weighted by molar-refractivity contribution is 0.0543. The van der Waals surface area contributed by atoms with Crippen molar-refractivity contribution in [2.45, 2.75) is 26.4 Å². The summed E-state index contributed by atoms with van der Waals surface area (Å²) in [5.74, 6) is 0.0689. The van der Waals surface area contributed by atoms with Crippen LogP contribution in [0.4, 0.5) is 4.79 Å². The molecule has 0 unspecified atom stereocenters. The number of hydrogen-bond donors (Lipinski definition) is 1. The van der Waals surface area contributed by atoms with E-state index in [0.29, 0.717) is 11.0 Å². The Hall–Kier alpha value is -2.04. The molecule has 5 heteroatoms. The Bertz CT molecular complexity index is 567. The molecule has 0 saturated heterocycles. The number of ether oxygens (including phenoxy) is 1. The first kappa shape index (κ1) is 11.4. The Morgan fingerprint density at radius 3 is 2.82 bits per heavy atom. The summed E-state index contributed by atoms with van der Waals surface area (Å²) >= 11 is 0. The third kappa shape index (κ3) is 2.38. The Kier molecular flexibility index (Phi) is 2.53. The van der Waals surface area contributed by atoms with E-state index in [9.17, 15) is 9.90 Å². The van der Waals surface area contributed by atoms with Crippen molar-refractivity contribution in [2.75, 3.05) is 0 Å². The van der Waals surface area contributed by atoms with E-state index in [4.69, 9.17) is 4.74 Å². The highest BCUT2D eigenvalue weighted by atomic mass is 16.6. The summed E-state index contributed by atoms with van der Waals surface area (Å²) in [4.78, 5) is 15.9. The van der Waals surface area contributed by atoms with Gasteiger partial charge in [0.25, 0.3) is 0 Å². The van der Waals surface area contributed by atoms with E-state index in [-0.39, 0.29) is 5.75 Å². The molecule has 2 heterocycles. The van der Waals surface area contributed by atoms with Crippen LogP contribution in [0.3, 0.4) is 0 Å². The number of rotatable bonds is 0. The summed E-state index contributed by atoms with van der Waals surface area (Å²) < 4.78 is 6.56. The fourth-order valence-electron chi connectivity index (χ4n) is 1.47. The van der Waals surface area contributed by atoms with Crippen molar-refractivity contribution < 1.29 is 14.6 Å².